The van der Waals surface area contributed by atoms with E-state index in [9.17, 15) is 19.2 Å². The Morgan fingerprint density at radius 1 is 0.840 bits per heavy atom. The van der Waals surface area contributed by atoms with Crippen LogP contribution in [0.1, 0.15) is 32.1 Å². The summed E-state index contributed by atoms with van der Waals surface area (Å²) in [7, 11) is 5.16. The maximum atomic E-state index is 11.9. The Balaban J connectivity index is 2.72. The summed E-state index contributed by atoms with van der Waals surface area (Å²) in [5.41, 5.74) is 0. The van der Waals surface area contributed by atoms with Crippen LogP contribution in [0.2, 0.25) is 0 Å². The maximum absolute atomic E-state index is 11.9. The standard InChI is InChI=1S/C15H24N2O6S2/c1-22-14(20)10-8-24-25-9-11(15(21)23-2)17-13(19)7-5-3-4-6-12(18)16-10/h10-11H,3-9H2,1-2H3,(H,16,18)(H,17,19)/t10-,11-/m0/s1. The number of rotatable bonds is 2. The van der Waals surface area contributed by atoms with E-state index in [1.54, 1.807) is 0 Å². The van der Waals surface area contributed by atoms with Crippen molar-refractivity contribution in [3.63, 3.8) is 0 Å². The largest absolute Gasteiger partial charge is 0.467 e. The third-order valence-electron chi connectivity index (χ3n) is 3.50. The summed E-state index contributed by atoms with van der Waals surface area (Å²) in [6.07, 6.45) is 2.52. The van der Waals surface area contributed by atoms with E-state index in [0.717, 1.165) is 0 Å². The minimum atomic E-state index is -0.744. The summed E-state index contributed by atoms with van der Waals surface area (Å²) >= 11 is 0. The summed E-state index contributed by atoms with van der Waals surface area (Å²) in [6.45, 7) is 0. The van der Waals surface area contributed by atoms with Crippen molar-refractivity contribution in [1.82, 2.24) is 10.6 Å². The molecular weight excluding hydrogens is 368 g/mol. The van der Waals surface area contributed by atoms with Crippen LogP contribution in [-0.4, -0.2) is 61.6 Å². The molecule has 142 valence electrons. The zero-order valence-electron chi connectivity index (χ0n) is 14.4. The zero-order valence-corrected chi connectivity index (χ0v) is 16.0. The molecule has 0 radical (unpaired) electrons. The first-order valence-corrected chi connectivity index (χ1v) is 10.5. The van der Waals surface area contributed by atoms with Crippen molar-refractivity contribution in [3.8, 4) is 0 Å². The van der Waals surface area contributed by atoms with Crippen LogP contribution in [0.3, 0.4) is 0 Å². The highest BCUT2D eigenvalue weighted by molar-refractivity contribution is 8.76. The minimum absolute atomic E-state index is 0.215. The molecule has 1 fully saturated rings. The smallest absolute Gasteiger partial charge is 0.329 e. The minimum Gasteiger partial charge on any atom is -0.467 e. The van der Waals surface area contributed by atoms with E-state index in [1.807, 2.05) is 0 Å². The van der Waals surface area contributed by atoms with Crippen molar-refractivity contribution in [2.24, 2.45) is 0 Å². The second-order valence-electron chi connectivity index (χ2n) is 5.42. The first-order chi connectivity index (χ1) is 12.0. The number of hydrogen-bond donors (Lipinski definition) is 2. The molecule has 0 aromatic carbocycles. The lowest BCUT2D eigenvalue weighted by molar-refractivity contribution is -0.144. The van der Waals surface area contributed by atoms with Gasteiger partial charge in [0.1, 0.15) is 12.1 Å². The normalized spacial score (nSPS) is 24.1. The molecule has 0 aromatic heterocycles. The van der Waals surface area contributed by atoms with Gasteiger partial charge in [-0.15, -0.1) is 0 Å². The Bertz CT molecular complexity index is 447. The monoisotopic (exact) mass is 392 g/mol. The molecule has 1 saturated heterocycles. The van der Waals surface area contributed by atoms with Crippen molar-refractivity contribution in [3.05, 3.63) is 0 Å². The highest BCUT2D eigenvalue weighted by atomic mass is 33.1. The van der Waals surface area contributed by atoms with E-state index in [0.29, 0.717) is 30.8 Å². The van der Waals surface area contributed by atoms with Crippen molar-refractivity contribution in [2.45, 2.75) is 44.2 Å². The predicted molar refractivity (Wildman–Crippen MR) is 95.9 cm³/mol. The molecule has 1 heterocycles. The fourth-order valence-corrected chi connectivity index (χ4v) is 4.43. The summed E-state index contributed by atoms with van der Waals surface area (Å²) in [6, 6.07) is -1.49. The third-order valence-corrected chi connectivity index (χ3v) is 5.92. The lowest BCUT2D eigenvalue weighted by Gasteiger charge is -2.17. The van der Waals surface area contributed by atoms with E-state index in [2.05, 4.69) is 10.6 Å². The number of nitrogens with one attached hydrogen (secondary N) is 2. The fraction of sp³-hybridized carbons (Fsp3) is 0.733. The second-order valence-corrected chi connectivity index (χ2v) is 7.97. The van der Waals surface area contributed by atoms with Crippen LogP contribution in [0.5, 0.6) is 0 Å². The Morgan fingerprint density at radius 3 is 1.60 bits per heavy atom. The molecule has 0 bridgehead atoms. The first-order valence-electron chi connectivity index (χ1n) is 7.96. The summed E-state index contributed by atoms with van der Waals surface area (Å²) in [4.78, 5) is 47.4. The quantitative estimate of drug-likeness (QED) is 0.520. The fourth-order valence-electron chi connectivity index (χ4n) is 2.13. The Labute approximate surface area is 154 Å². The zero-order chi connectivity index (χ0) is 18.7. The van der Waals surface area contributed by atoms with Gasteiger partial charge in [0.25, 0.3) is 0 Å². The van der Waals surface area contributed by atoms with Crippen molar-refractivity contribution in [1.29, 1.82) is 0 Å². The number of methoxy groups -OCH3 is 2. The van der Waals surface area contributed by atoms with Gasteiger partial charge in [-0.05, 0) is 12.8 Å². The van der Waals surface area contributed by atoms with Gasteiger partial charge in [0.05, 0.1) is 14.2 Å². The van der Waals surface area contributed by atoms with Crippen LogP contribution < -0.4 is 10.6 Å². The summed E-state index contributed by atoms with van der Waals surface area (Å²) in [5.74, 6) is -0.858. The Kier molecular flexibility index (Phi) is 10.4. The predicted octanol–water partition coefficient (Wildman–Crippen LogP) is 0.648. The molecule has 1 rings (SSSR count). The molecule has 2 N–H and O–H groups in total. The molecule has 25 heavy (non-hydrogen) atoms. The van der Waals surface area contributed by atoms with Gasteiger partial charge in [0.15, 0.2) is 0 Å². The van der Waals surface area contributed by atoms with Gasteiger partial charge in [0.2, 0.25) is 11.8 Å². The third kappa shape index (κ3) is 8.48. The molecule has 1 aliphatic rings. The topological polar surface area (TPSA) is 111 Å². The molecule has 8 nitrogen and oxygen atoms in total. The SMILES string of the molecule is COC(=O)[C@@H]1CSSC[C@@H](C(=O)OC)NC(=O)CCCCCC(=O)N1. The molecule has 10 heteroatoms. The van der Waals surface area contributed by atoms with Gasteiger partial charge in [0, 0.05) is 24.3 Å². The lowest BCUT2D eigenvalue weighted by Crippen LogP contribution is -2.43. The van der Waals surface area contributed by atoms with Gasteiger partial charge < -0.3 is 20.1 Å². The molecule has 0 unspecified atom stereocenters. The molecule has 1 aliphatic heterocycles. The van der Waals surface area contributed by atoms with Gasteiger partial charge in [-0.25, -0.2) is 9.59 Å². The van der Waals surface area contributed by atoms with Crippen LogP contribution in [0.15, 0.2) is 0 Å². The average Bonchev–Trinajstić information content (AvgIpc) is 2.61. The number of amides is 2. The van der Waals surface area contributed by atoms with Crippen LogP contribution in [0.4, 0.5) is 0 Å². The lowest BCUT2D eigenvalue weighted by atomic mass is 10.1. The average molecular weight is 392 g/mol. The van der Waals surface area contributed by atoms with Crippen LogP contribution in [0.25, 0.3) is 0 Å². The van der Waals surface area contributed by atoms with Crippen molar-refractivity contribution in [2.75, 3.05) is 25.7 Å². The van der Waals surface area contributed by atoms with Crippen LogP contribution >= 0.6 is 21.6 Å². The maximum Gasteiger partial charge on any atom is 0.329 e. The van der Waals surface area contributed by atoms with Gasteiger partial charge >= 0.3 is 11.9 Å². The molecular formula is C15H24N2O6S2. The molecule has 0 spiro atoms. The number of esters is 2. The Morgan fingerprint density at radius 2 is 1.24 bits per heavy atom. The van der Waals surface area contributed by atoms with E-state index in [1.165, 1.54) is 35.8 Å². The number of carbonyl (C=O) groups is 4. The molecule has 2 atom stereocenters. The van der Waals surface area contributed by atoms with Gasteiger partial charge in [-0.2, -0.15) is 0 Å². The van der Waals surface area contributed by atoms with Crippen LogP contribution in [0, 0.1) is 0 Å². The molecule has 2 amide bonds. The highest BCUT2D eigenvalue weighted by Crippen LogP contribution is 2.24. The van der Waals surface area contributed by atoms with Crippen molar-refractivity contribution >= 4 is 45.3 Å². The van der Waals surface area contributed by atoms with E-state index in [-0.39, 0.29) is 24.7 Å². The number of ether oxygens (including phenoxy) is 2. The van der Waals surface area contributed by atoms with E-state index < -0.39 is 24.0 Å². The molecule has 0 aliphatic carbocycles. The molecule has 0 aromatic rings. The first kappa shape index (κ1) is 21.6. The highest BCUT2D eigenvalue weighted by Gasteiger charge is 2.24. The van der Waals surface area contributed by atoms with Crippen molar-refractivity contribution < 1.29 is 28.7 Å². The van der Waals surface area contributed by atoms with Gasteiger partial charge in [-0.1, -0.05) is 28.0 Å². The number of carbonyl (C=O) groups excluding carboxylic acids is 4. The molecule has 0 saturated carbocycles. The number of hydrogen-bond acceptors (Lipinski definition) is 8. The van der Waals surface area contributed by atoms with Crippen LogP contribution in [-0.2, 0) is 28.7 Å². The Hall–Kier alpha value is -1.42. The summed E-state index contributed by atoms with van der Waals surface area (Å²) in [5, 5.41) is 5.34. The van der Waals surface area contributed by atoms with E-state index in [4.69, 9.17) is 9.47 Å². The summed E-state index contributed by atoms with van der Waals surface area (Å²) < 4.78 is 9.42. The second kappa shape index (κ2) is 12.0. The van der Waals surface area contributed by atoms with Gasteiger partial charge in [-0.3, -0.25) is 9.59 Å². The van der Waals surface area contributed by atoms with E-state index >= 15 is 0 Å².